The Labute approximate surface area is 153 Å². The number of rotatable bonds is 2. The molecule has 124 valence electrons. The maximum absolute atomic E-state index is 12.3. The molecule has 1 aliphatic carbocycles. The fourth-order valence-corrected chi connectivity index (χ4v) is 4.48. The molecule has 23 heavy (non-hydrogen) atoms. The Bertz CT molecular complexity index is 588. The molecule has 1 aliphatic heterocycles. The van der Waals surface area contributed by atoms with Gasteiger partial charge in [0.25, 0.3) is 0 Å². The first-order chi connectivity index (χ1) is 10.4. The number of pyridine rings is 1. The number of cyclic esters (lactones) is 1. The topological polar surface area (TPSA) is 39.2 Å². The van der Waals surface area contributed by atoms with Gasteiger partial charge in [-0.15, -0.1) is 0 Å². The molecular weight excluding hydrogens is 458 g/mol. The standard InChI is InChI=1S/C19H24NO2.W/c1-12-11-19(4)17(14(3)22-18(19)21)16(13(12)2)9-8-15-7-5-6-10-20-15;/h5,7-10,12-14,16-17H,11H2,1-4H3;/q-1;/b9-8+;/t12-,13+,14+,16-,17-,19+;/m0./s1. The van der Waals surface area contributed by atoms with Gasteiger partial charge in [-0.05, 0) is 43.7 Å². The largest absolute Gasteiger partial charge is 0.462 e. The SMILES string of the molecule is C[C@H]1[C@H](/C=C/c2cc[c-]cn2)[C@@H]2[C@@H](C)OC(=O)[C@]2(C)C[C@@H]1C.[W]. The second-order valence-electron chi connectivity index (χ2n) is 7.21. The van der Waals surface area contributed by atoms with Crippen molar-refractivity contribution < 1.29 is 30.6 Å². The summed E-state index contributed by atoms with van der Waals surface area (Å²) < 4.78 is 5.60. The van der Waals surface area contributed by atoms with Crippen LogP contribution in [0, 0.1) is 35.2 Å². The maximum atomic E-state index is 12.3. The van der Waals surface area contributed by atoms with Crippen molar-refractivity contribution in [2.75, 3.05) is 0 Å². The average Bonchev–Trinajstić information content (AvgIpc) is 2.71. The molecule has 0 aromatic carbocycles. The summed E-state index contributed by atoms with van der Waals surface area (Å²) in [5.74, 6) is 1.60. The van der Waals surface area contributed by atoms with E-state index in [0.717, 1.165) is 12.1 Å². The zero-order valence-corrected chi connectivity index (χ0v) is 17.1. The summed E-state index contributed by atoms with van der Waals surface area (Å²) in [6.07, 6.45) is 6.90. The van der Waals surface area contributed by atoms with Gasteiger partial charge in [-0.2, -0.15) is 6.07 Å². The molecule has 4 heteroatoms. The van der Waals surface area contributed by atoms with E-state index >= 15 is 0 Å². The Hall–Kier alpha value is -0.952. The molecule has 1 aromatic rings. The summed E-state index contributed by atoms with van der Waals surface area (Å²) in [5.41, 5.74) is 0.585. The molecule has 2 aliphatic rings. The number of carbonyl (C=O) groups is 1. The Balaban J connectivity index is 0.00000192. The van der Waals surface area contributed by atoms with Gasteiger partial charge in [0.1, 0.15) is 6.10 Å². The van der Waals surface area contributed by atoms with Crippen LogP contribution in [-0.2, 0) is 30.6 Å². The number of carbonyl (C=O) groups excluding carboxylic acids is 1. The van der Waals surface area contributed by atoms with Crippen LogP contribution in [0.2, 0.25) is 0 Å². The monoisotopic (exact) mass is 482 g/mol. The zero-order chi connectivity index (χ0) is 15.9. The molecule has 1 aromatic heterocycles. The van der Waals surface area contributed by atoms with Gasteiger partial charge in [0.05, 0.1) is 5.41 Å². The van der Waals surface area contributed by atoms with E-state index in [1.54, 1.807) is 6.20 Å². The van der Waals surface area contributed by atoms with E-state index in [2.05, 4.69) is 44.0 Å². The van der Waals surface area contributed by atoms with Crippen molar-refractivity contribution in [1.82, 2.24) is 4.98 Å². The van der Waals surface area contributed by atoms with Crippen LogP contribution in [0.25, 0.3) is 6.08 Å². The van der Waals surface area contributed by atoms with E-state index in [9.17, 15) is 4.79 Å². The van der Waals surface area contributed by atoms with Crippen LogP contribution in [0.5, 0.6) is 0 Å². The minimum Gasteiger partial charge on any atom is -0.462 e. The van der Waals surface area contributed by atoms with E-state index in [-0.39, 0.29) is 44.5 Å². The molecule has 0 N–H and O–H groups in total. The van der Waals surface area contributed by atoms with Crippen LogP contribution in [-0.4, -0.2) is 17.1 Å². The van der Waals surface area contributed by atoms with Crippen molar-refractivity contribution in [3.63, 3.8) is 0 Å². The van der Waals surface area contributed by atoms with Crippen molar-refractivity contribution in [3.05, 3.63) is 36.2 Å². The summed E-state index contributed by atoms with van der Waals surface area (Å²) in [5, 5.41) is 0. The first-order valence-electron chi connectivity index (χ1n) is 8.15. The molecule has 6 atom stereocenters. The van der Waals surface area contributed by atoms with Gasteiger partial charge in [0, 0.05) is 27.0 Å². The Morgan fingerprint density at radius 2 is 2.13 bits per heavy atom. The number of hydrogen-bond acceptors (Lipinski definition) is 3. The second kappa shape index (κ2) is 6.89. The van der Waals surface area contributed by atoms with Crippen molar-refractivity contribution in [1.29, 1.82) is 0 Å². The number of hydrogen-bond donors (Lipinski definition) is 0. The Morgan fingerprint density at radius 1 is 1.39 bits per heavy atom. The van der Waals surface area contributed by atoms with Crippen molar-refractivity contribution in [2.24, 2.45) is 29.1 Å². The van der Waals surface area contributed by atoms with E-state index < -0.39 is 0 Å². The number of ether oxygens (including phenoxy) is 1. The Morgan fingerprint density at radius 3 is 2.78 bits per heavy atom. The number of allylic oxidation sites excluding steroid dienone is 1. The van der Waals surface area contributed by atoms with Crippen LogP contribution in [0.3, 0.4) is 0 Å². The fraction of sp³-hybridized carbons (Fsp3) is 0.579. The van der Waals surface area contributed by atoms with Crippen molar-refractivity contribution >= 4 is 12.0 Å². The molecule has 0 amide bonds. The van der Waals surface area contributed by atoms with Crippen molar-refractivity contribution in [2.45, 2.75) is 40.2 Å². The molecule has 0 spiro atoms. The predicted octanol–water partition coefficient (Wildman–Crippen LogP) is 3.75. The maximum Gasteiger partial charge on any atom is 0.312 e. The molecule has 3 rings (SSSR count). The van der Waals surface area contributed by atoms with Gasteiger partial charge in [0.15, 0.2) is 0 Å². The van der Waals surface area contributed by atoms with Gasteiger partial charge in [-0.3, -0.25) is 9.78 Å². The normalized spacial score (nSPS) is 39.7. The molecule has 0 unspecified atom stereocenters. The minimum atomic E-state index is -0.349. The first kappa shape index (κ1) is 18.4. The average molecular weight is 482 g/mol. The van der Waals surface area contributed by atoms with E-state index in [1.165, 1.54) is 0 Å². The van der Waals surface area contributed by atoms with Crippen LogP contribution in [0.1, 0.15) is 39.8 Å². The van der Waals surface area contributed by atoms with Crippen LogP contribution in [0.15, 0.2) is 24.4 Å². The molecule has 3 nitrogen and oxygen atoms in total. The molecule has 1 saturated heterocycles. The molecule has 2 fully saturated rings. The summed E-state index contributed by atoms with van der Waals surface area (Å²) in [6.45, 7) is 8.66. The summed E-state index contributed by atoms with van der Waals surface area (Å²) in [4.78, 5) is 16.7. The smallest absolute Gasteiger partial charge is 0.312 e. The third-order valence-electron chi connectivity index (χ3n) is 5.79. The summed E-state index contributed by atoms with van der Waals surface area (Å²) in [6, 6.07) is 6.75. The predicted molar refractivity (Wildman–Crippen MR) is 85.7 cm³/mol. The molecule has 2 heterocycles. The van der Waals surface area contributed by atoms with Gasteiger partial charge in [-0.1, -0.05) is 32.2 Å². The summed E-state index contributed by atoms with van der Waals surface area (Å²) in [7, 11) is 0. The minimum absolute atomic E-state index is 0. The van der Waals surface area contributed by atoms with E-state index in [4.69, 9.17) is 4.74 Å². The van der Waals surface area contributed by atoms with Crippen LogP contribution >= 0.6 is 0 Å². The molecule has 0 bridgehead atoms. The quantitative estimate of drug-likeness (QED) is 0.477. The fourth-order valence-electron chi connectivity index (χ4n) is 4.48. The summed E-state index contributed by atoms with van der Waals surface area (Å²) >= 11 is 0. The Kier molecular flexibility index (Phi) is 5.51. The number of aromatic nitrogens is 1. The number of nitrogens with zero attached hydrogens (tertiary/aromatic N) is 1. The van der Waals surface area contributed by atoms with Crippen LogP contribution < -0.4 is 0 Å². The molecule has 0 radical (unpaired) electrons. The number of fused-ring (bicyclic) bond motifs is 1. The van der Waals surface area contributed by atoms with Gasteiger partial charge >= 0.3 is 5.97 Å². The zero-order valence-electron chi connectivity index (χ0n) is 14.2. The van der Waals surface area contributed by atoms with E-state index in [0.29, 0.717) is 17.8 Å². The first-order valence-corrected chi connectivity index (χ1v) is 8.15. The van der Waals surface area contributed by atoms with Crippen molar-refractivity contribution in [3.8, 4) is 0 Å². The van der Waals surface area contributed by atoms with E-state index in [1.807, 2.05) is 19.1 Å². The molecular formula is C19H24NO2W-. The third kappa shape index (κ3) is 3.17. The third-order valence-corrected chi connectivity index (χ3v) is 5.79. The van der Waals surface area contributed by atoms with Gasteiger partial charge in [-0.25, -0.2) is 12.1 Å². The van der Waals surface area contributed by atoms with Gasteiger partial charge < -0.3 is 4.74 Å². The van der Waals surface area contributed by atoms with Gasteiger partial charge in [0.2, 0.25) is 0 Å². The number of esters is 1. The van der Waals surface area contributed by atoms with Crippen LogP contribution in [0.4, 0.5) is 0 Å². The molecule has 1 saturated carbocycles. The second-order valence-corrected chi connectivity index (χ2v) is 7.21.